The van der Waals surface area contributed by atoms with E-state index in [2.05, 4.69) is 35.9 Å². The lowest BCUT2D eigenvalue weighted by molar-refractivity contribution is -0.137. The van der Waals surface area contributed by atoms with Crippen molar-refractivity contribution in [2.75, 3.05) is 17.7 Å². The molecule has 0 aliphatic heterocycles. The second-order valence-electron chi connectivity index (χ2n) is 7.20. The zero-order valence-electron chi connectivity index (χ0n) is 19.1. The number of aromatic nitrogens is 3. The van der Waals surface area contributed by atoms with Crippen molar-refractivity contribution < 1.29 is 22.8 Å². The average molecular weight is 572 g/mol. The van der Waals surface area contributed by atoms with Crippen LogP contribution in [-0.4, -0.2) is 39.6 Å². The minimum atomic E-state index is -4.71. The van der Waals surface area contributed by atoms with Crippen LogP contribution in [0.3, 0.4) is 0 Å². The lowest BCUT2D eigenvalue weighted by Gasteiger charge is -2.11. The van der Waals surface area contributed by atoms with Crippen LogP contribution < -0.4 is 16.0 Å². The maximum Gasteiger partial charge on any atom is 0.418 e. The van der Waals surface area contributed by atoms with Gasteiger partial charge in [0.15, 0.2) is 0 Å². The molecule has 3 aromatic heterocycles. The summed E-state index contributed by atoms with van der Waals surface area (Å²) in [7, 11) is 1.49. The number of rotatable bonds is 7. The van der Waals surface area contributed by atoms with Crippen molar-refractivity contribution >= 4 is 63.8 Å². The van der Waals surface area contributed by atoms with Crippen LogP contribution in [0.25, 0.3) is 0 Å². The summed E-state index contributed by atoms with van der Waals surface area (Å²) >= 11 is 12.7. The molecule has 0 bridgehead atoms. The van der Waals surface area contributed by atoms with E-state index in [0.717, 1.165) is 23.6 Å². The molecule has 0 radical (unpaired) electrons. The van der Waals surface area contributed by atoms with Gasteiger partial charge in [-0.2, -0.15) is 13.2 Å². The van der Waals surface area contributed by atoms with Crippen LogP contribution in [0.5, 0.6) is 0 Å². The fourth-order valence-corrected chi connectivity index (χ4v) is 4.03. The molecule has 0 spiro atoms. The number of hydrogen-bond donors (Lipinski definition) is 3. The van der Waals surface area contributed by atoms with E-state index in [4.69, 9.17) is 23.2 Å². The van der Waals surface area contributed by atoms with Crippen molar-refractivity contribution in [3.05, 3.63) is 74.4 Å². The van der Waals surface area contributed by atoms with E-state index in [9.17, 15) is 22.8 Å². The molecule has 0 fully saturated rings. The largest absolute Gasteiger partial charge is 0.418 e. The van der Waals surface area contributed by atoms with Crippen molar-refractivity contribution in [1.29, 1.82) is 0 Å². The predicted molar refractivity (Wildman–Crippen MR) is 136 cm³/mol. The Kier molecular flexibility index (Phi) is 9.18. The number of hydrogen-bond acceptors (Lipinski definition) is 7. The molecule has 3 aromatic rings. The fourth-order valence-electron chi connectivity index (χ4n) is 2.78. The number of alkyl halides is 3. The van der Waals surface area contributed by atoms with Crippen LogP contribution >= 0.6 is 34.5 Å². The first-order chi connectivity index (χ1) is 17.5. The average Bonchev–Trinajstić information content (AvgIpc) is 3.34. The summed E-state index contributed by atoms with van der Waals surface area (Å²) in [6.45, 7) is 1.64. The molecule has 37 heavy (non-hydrogen) atoms. The third kappa shape index (κ3) is 7.71. The maximum atomic E-state index is 13.0. The molecule has 194 valence electrons. The summed E-state index contributed by atoms with van der Waals surface area (Å²) in [5.41, 5.74) is -1.13. The minimum Gasteiger partial charge on any atom is -0.344 e. The number of anilines is 2. The SMILES string of the molecule is CN=C(Nc1ccccn1)/C(Cl)=C/C(=O)NC(C)c1ncc(C(=O)Nc2cc(C(F)(F)F)c(Cl)cn2)s1. The quantitative estimate of drug-likeness (QED) is 0.201. The highest BCUT2D eigenvalue weighted by atomic mass is 35.5. The van der Waals surface area contributed by atoms with Crippen LogP contribution in [-0.2, 0) is 11.0 Å². The number of nitrogens with one attached hydrogen (secondary N) is 3. The zero-order valence-corrected chi connectivity index (χ0v) is 21.4. The molecule has 2 amide bonds. The number of aliphatic imine (C=N–C) groups is 1. The van der Waals surface area contributed by atoms with Gasteiger partial charge in [0.1, 0.15) is 27.4 Å². The highest BCUT2D eigenvalue weighted by Gasteiger charge is 2.34. The zero-order chi connectivity index (χ0) is 27.2. The summed E-state index contributed by atoms with van der Waals surface area (Å²) < 4.78 is 39.1. The molecule has 0 aromatic carbocycles. The molecule has 1 unspecified atom stereocenters. The Hall–Kier alpha value is -3.55. The van der Waals surface area contributed by atoms with Gasteiger partial charge < -0.3 is 16.0 Å². The maximum absolute atomic E-state index is 13.0. The molecule has 0 aliphatic rings. The molecule has 3 heterocycles. The second kappa shape index (κ2) is 12.1. The molecule has 15 heteroatoms. The molecule has 9 nitrogen and oxygen atoms in total. The van der Waals surface area contributed by atoms with Crippen LogP contribution in [0.4, 0.5) is 24.8 Å². The van der Waals surface area contributed by atoms with E-state index in [-0.39, 0.29) is 21.6 Å². The Bertz CT molecular complexity index is 1350. The molecular formula is C22H18Cl2F3N7O2S. The summed E-state index contributed by atoms with van der Waals surface area (Å²) in [6.07, 6.45) is 0.0349. The topological polar surface area (TPSA) is 121 Å². The van der Waals surface area contributed by atoms with Gasteiger partial charge in [-0.1, -0.05) is 29.3 Å². The fraction of sp³-hybridized carbons (Fsp3) is 0.182. The normalized spacial score (nSPS) is 13.2. The first kappa shape index (κ1) is 28.0. The van der Waals surface area contributed by atoms with Gasteiger partial charge in [0.25, 0.3) is 5.91 Å². The number of carbonyl (C=O) groups is 2. The van der Waals surface area contributed by atoms with E-state index >= 15 is 0 Å². The summed E-state index contributed by atoms with van der Waals surface area (Å²) in [6, 6.07) is 5.23. The Morgan fingerprint density at radius 2 is 1.89 bits per heavy atom. The molecule has 0 aliphatic carbocycles. The monoisotopic (exact) mass is 571 g/mol. The van der Waals surface area contributed by atoms with Crippen LogP contribution in [0.2, 0.25) is 5.02 Å². The van der Waals surface area contributed by atoms with Gasteiger partial charge in [-0.15, -0.1) is 11.3 Å². The van der Waals surface area contributed by atoms with Gasteiger partial charge in [-0.05, 0) is 25.1 Å². The first-order valence-corrected chi connectivity index (χ1v) is 11.9. The Labute approximate surface area is 222 Å². The molecule has 3 N–H and O–H groups in total. The smallest absolute Gasteiger partial charge is 0.344 e. The first-order valence-electron chi connectivity index (χ1n) is 10.3. The lowest BCUT2D eigenvalue weighted by atomic mass is 10.2. The lowest BCUT2D eigenvalue weighted by Crippen LogP contribution is -2.25. The van der Waals surface area contributed by atoms with Gasteiger partial charge in [0.05, 0.1) is 27.9 Å². The van der Waals surface area contributed by atoms with Crippen molar-refractivity contribution in [2.45, 2.75) is 19.1 Å². The third-order valence-electron chi connectivity index (χ3n) is 4.50. The second-order valence-corrected chi connectivity index (χ2v) is 9.08. The van der Waals surface area contributed by atoms with Crippen LogP contribution in [0.1, 0.15) is 33.2 Å². The van der Waals surface area contributed by atoms with Gasteiger partial charge in [0, 0.05) is 25.5 Å². The van der Waals surface area contributed by atoms with Crippen molar-refractivity contribution in [2.24, 2.45) is 4.99 Å². The molecule has 0 saturated heterocycles. The highest BCUT2D eigenvalue weighted by Crippen LogP contribution is 2.35. The van der Waals surface area contributed by atoms with E-state index in [1.807, 2.05) is 0 Å². The minimum absolute atomic E-state index is 0.0331. The Morgan fingerprint density at radius 1 is 1.14 bits per heavy atom. The van der Waals surface area contributed by atoms with Crippen LogP contribution in [0, 0.1) is 0 Å². The van der Waals surface area contributed by atoms with E-state index in [0.29, 0.717) is 16.9 Å². The molecule has 0 saturated carbocycles. The Balaban J connectivity index is 1.63. The number of amidine groups is 1. The summed E-state index contributed by atoms with van der Waals surface area (Å²) in [5.74, 6) is -0.892. The predicted octanol–water partition coefficient (Wildman–Crippen LogP) is 5.30. The van der Waals surface area contributed by atoms with E-state index < -0.39 is 34.6 Å². The number of carbonyl (C=O) groups excluding carboxylic acids is 2. The van der Waals surface area contributed by atoms with Crippen LogP contribution in [0.15, 0.2) is 59.0 Å². The van der Waals surface area contributed by atoms with E-state index in [1.165, 1.54) is 13.2 Å². The van der Waals surface area contributed by atoms with Crippen molar-refractivity contribution in [3.63, 3.8) is 0 Å². The third-order valence-corrected chi connectivity index (χ3v) is 6.27. The summed E-state index contributed by atoms with van der Waals surface area (Å²) in [4.78, 5) is 41.0. The number of halogens is 5. The number of amides is 2. The number of pyridine rings is 2. The summed E-state index contributed by atoms with van der Waals surface area (Å²) in [5, 5.41) is 7.66. The number of nitrogens with zero attached hydrogens (tertiary/aromatic N) is 4. The highest BCUT2D eigenvalue weighted by molar-refractivity contribution is 7.13. The molecular weight excluding hydrogens is 554 g/mol. The van der Waals surface area contributed by atoms with Gasteiger partial charge in [-0.25, -0.2) is 15.0 Å². The van der Waals surface area contributed by atoms with Crippen molar-refractivity contribution in [1.82, 2.24) is 20.3 Å². The molecule has 1 atom stereocenters. The Morgan fingerprint density at radius 3 is 2.54 bits per heavy atom. The van der Waals surface area contributed by atoms with Crippen molar-refractivity contribution in [3.8, 4) is 0 Å². The van der Waals surface area contributed by atoms with Gasteiger partial charge in [0.2, 0.25) is 5.91 Å². The van der Waals surface area contributed by atoms with E-state index in [1.54, 1.807) is 31.3 Å². The number of thiazole rings is 1. The molecule has 3 rings (SSSR count). The van der Waals surface area contributed by atoms with Gasteiger partial charge in [-0.3, -0.25) is 14.6 Å². The standard InChI is InChI=1S/C22H18Cl2F3N7O2S/c1-11(32-18(35)8-13(23)19(28-2)33-16-5-3-4-6-29-16)21-31-10-15(37-21)20(36)34-17-7-12(22(25,26)27)14(24)9-30-17/h3-11H,1-2H3,(H,32,35)(H,28,29,33)(H,30,34,36)/b13-8-. The van der Waals surface area contributed by atoms with Gasteiger partial charge >= 0.3 is 6.18 Å².